The normalized spacial score (nSPS) is 20.3. The van der Waals surface area contributed by atoms with Gasteiger partial charge < -0.3 is 10.6 Å². The second-order valence-electron chi connectivity index (χ2n) is 5.76. The van der Waals surface area contributed by atoms with Crippen molar-refractivity contribution in [1.29, 1.82) is 0 Å². The van der Waals surface area contributed by atoms with E-state index in [-0.39, 0.29) is 30.5 Å². The van der Waals surface area contributed by atoms with Crippen LogP contribution < -0.4 is 14.9 Å². The van der Waals surface area contributed by atoms with E-state index in [1.165, 1.54) is 4.31 Å². The number of amides is 2. The summed E-state index contributed by atoms with van der Waals surface area (Å²) in [4.78, 5) is 23.0. The lowest BCUT2D eigenvalue weighted by atomic mass is 10.1. The van der Waals surface area contributed by atoms with Gasteiger partial charge in [0.25, 0.3) is 0 Å². The number of anilines is 1. The molecule has 0 aromatic heterocycles. The number of hydrogen-bond donors (Lipinski definition) is 2. The SMILES string of the molecule is O=C1CC(C(=O)NCCS(=O)(=O)N2CCc3ccccc32)CN1. The van der Waals surface area contributed by atoms with Crippen LogP contribution in [0.5, 0.6) is 0 Å². The lowest BCUT2D eigenvalue weighted by Gasteiger charge is -2.19. The highest BCUT2D eigenvalue weighted by atomic mass is 32.2. The van der Waals surface area contributed by atoms with Gasteiger partial charge in [0.05, 0.1) is 17.4 Å². The first-order chi connectivity index (χ1) is 11.0. The summed E-state index contributed by atoms with van der Waals surface area (Å²) in [7, 11) is -3.47. The Labute approximate surface area is 135 Å². The second kappa shape index (κ2) is 6.19. The highest BCUT2D eigenvalue weighted by Gasteiger charge is 2.30. The number of fused-ring (bicyclic) bond motifs is 1. The van der Waals surface area contributed by atoms with Crippen LogP contribution in [0.25, 0.3) is 0 Å². The average Bonchev–Trinajstić information content (AvgIpc) is 3.13. The second-order valence-corrected chi connectivity index (χ2v) is 7.78. The molecule has 7 nitrogen and oxygen atoms in total. The monoisotopic (exact) mass is 337 g/mol. The third-order valence-corrected chi connectivity index (χ3v) is 5.96. The van der Waals surface area contributed by atoms with Crippen molar-refractivity contribution >= 4 is 27.5 Å². The van der Waals surface area contributed by atoms with E-state index in [2.05, 4.69) is 10.6 Å². The first kappa shape index (κ1) is 15.8. The van der Waals surface area contributed by atoms with Gasteiger partial charge in [-0.15, -0.1) is 0 Å². The molecule has 1 saturated heterocycles. The van der Waals surface area contributed by atoms with Gasteiger partial charge in [0.1, 0.15) is 0 Å². The Morgan fingerprint density at radius 3 is 2.87 bits per heavy atom. The third kappa shape index (κ3) is 3.31. The molecule has 0 aliphatic carbocycles. The molecule has 1 fully saturated rings. The van der Waals surface area contributed by atoms with Crippen LogP contribution in [0.4, 0.5) is 5.69 Å². The first-order valence-corrected chi connectivity index (χ1v) is 9.21. The Hall–Kier alpha value is -2.09. The van der Waals surface area contributed by atoms with Crippen molar-refractivity contribution in [3.8, 4) is 0 Å². The van der Waals surface area contributed by atoms with Crippen LogP contribution in [-0.4, -0.2) is 45.6 Å². The molecule has 1 aromatic rings. The van der Waals surface area contributed by atoms with Crippen LogP contribution in [0.15, 0.2) is 24.3 Å². The zero-order valence-corrected chi connectivity index (χ0v) is 13.4. The highest BCUT2D eigenvalue weighted by molar-refractivity contribution is 7.92. The van der Waals surface area contributed by atoms with E-state index in [1.54, 1.807) is 6.07 Å². The molecule has 3 rings (SSSR count). The number of rotatable bonds is 5. The van der Waals surface area contributed by atoms with E-state index in [1.807, 2.05) is 18.2 Å². The van der Waals surface area contributed by atoms with Crippen LogP contribution in [0.1, 0.15) is 12.0 Å². The molecule has 2 N–H and O–H groups in total. The number of benzene rings is 1. The van der Waals surface area contributed by atoms with Crippen molar-refractivity contribution in [2.24, 2.45) is 5.92 Å². The number of hydrogen-bond acceptors (Lipinski definition) is 4. The van der Waals surface area contributed by atoms with Crippen molar-refractivity contribution < 1.29 is 18.0 Å². The van der Waals surface area contributed by atoms with E-state index in [0.29, 0.717) is 19.5 Å². The average molecular weight is 337 g/mol. The van der Waals surface area contributed by atoms with Crippen LogP contribution in [-0.2, 0) is 26.0 Å². The lowest BCUT2D eigenvalue weighted by Crippen LogP contribution is -2.39. The molecule has 23 heavy (non-hydrogen) atoms. The van der Waals surface area contributed by atoms with Gasteiger partial charge in [-0.25, -0.2) is 8.42 Å². The van der Waals surface area contributed by atoms with E-state index in [9.17, 15) is 18.0 Å². The highest BCUT2D eigenvalue weighted by Crippen LogP contribution is 2.29. The molecule has 0 radical (unpaired) electrons. The largest absolute Gasteiger partial charge is 0.355 e. The minimum Gasteiger partial charge on any atom is -0.355 e. The van der Waals surface area contributed by atoms with Gasteiger partial charge in [-0.05, 0) is 18.1 Å². The molecule has 1 unspecified atom stereocenters. The summed E-state index contributed by atoms with van der Waals surface area (Å²) < 4.78 is 26.3. The molecule has 0 spiro atoms. The predicted molar refractivity (Wildman–Crippen MR) is 85.4 cm³/mol. The Morgan fingerprint density at radius 1 is 1.35 bits per heavy atom. The summed E-state index contributed by atoms with van der Waals surface area (Å²) >= 11 is 0. The summed E-state index contributed by atoms with van der Waals surface area (Å²) in [6.07, 6.45) is 0.871. The minimum atomic E-state index is -3.47. The van der Waals surface area contributed by atoms with Gasteiger partial charge in [-0.2, -0.15) is 0 Å². The fourth-order valence-corrected chi connectivity index (χ4v) is 4.37. The molecular weight excluding hydrogens is 318 g/mol. The number of carbonyl (C=O) groups is 2. The zero-order valence-electron chi connectivity index (χ0n) is 12.6. The van der Waals surface area contributed by atoms with Crippen LogP contribution >= 0.6 is 0 Å². The van der Waals surface area contributed by atoms with Gasteiger partial charge in [-0.1, -0.05) is 18.2 Å². The summed E-state index contributed by atoms with van der Waals surface area (Å²) in [5.74, 6) is -0.981. The maximum absolute atomic E-state index is 12.5. The molecular formula is C15H19N3O4S. The van der Waals surface area contributed by atoms with Gasteiger partial charge >= 0.3 is 0 Å². The molecule has 8 heteroatoms. The molecule has 1 aromatic carbocycles. The van der Waals surface area contributed by atoms with E-state index in [0.717, 1.165) is 11.3 Å². The Bertz CT molecular complexity index is 732. The summed E-state index contributed by atoms with van der Waals surface area (Å²) in [6.45, 7) is 0.804. The Kier molecular flexibility index (Phi) is 4.25. The summed E-state index contributed by atoms with van der Waals surface area (Å²) in [5, 5.41) is 5.20. The third-order valence-electron chi connectivity index (χ3n) is 4.19. The fourth-order valence-electron chi connectivity index (χ4n) is 2.95. The van der Waals surface area contributed by atoms with Gasteiger partial charge in [0.2, 0.25) is 21.8 Å². The standard InChI is InChI=1S/C15H19N3O4S/c19-14-9-12(10-17-14)15(20)16-6-8-23(21,22)18-7-5-11-3-1-2-4-13(11)18/h1-4,12H,5-10H2,(H,16,20)(H,17,19). The summed E-state index contributed by atoms with van der Waals surface area (Å²) in [5.41, 5.74) is 1.75. The van der Waals surface area contributed by atoms with Crippen molar-refractivity contribution in [3.63, 3.8) is 0 Å². The van der Waals surface area contributed by atoms with E-state index in [4.69, 9.17) is 0 Å². The zero-order chi connectivity index (χ0) is 16.4. The molecule has 2 aliphatic heterocycles. The molecule has 2 heterocycles. The lowest BCUT2D eigenvalue weighted by molar-refractivity contribution is -0.126. The van der Waals surface area contributed by atoms with Crippen molar-refractivity contribution in [2.75, 3.05) is 29.7 Å². The first-order valence-electron chi connectivity index (χ1n) is 7.60. The van der Waals surface area contributed by atoms with E-state index >= 15 is 0 Å². The van der Waals surface area contributed by atoms with Crippen LogP contribution in [0, 0.1) is 5.92 Å². The number of nitrogens with one attached hydrogen (secondary N) is 2. The molecule has 0 bridgehead atoms. The predicted octanol–water partition coefficient (Wildman–Crippen LogP) is -0.369. The fraction of sp³-hybridized carbons (Fsp3) is 0.467. The number of sulfonamides is 1. The van der Waals surface area contributed by atoms with E-state index < -0.39 is 15.9 Å². The smallest absolute Gasteiger partial charge is 0.236 e. The quantitative estimate of drug-likeness (QED) is 0.766. The van der Waals surface area contributed by atoms with Crippen molar-refractivity contribution in [1.82, 2.24) is 10.6 Å². The molecule has 0 saturated carbocycles. The number of carbonyl (C=O) groups excluding carboxylic acids is 2. The van der Waals surface area contributed by atoms with Gasteiger partial charge in [0, 0.05) is 26.1 Å². The van der Waals surface area contributed by atoms with Gasteiger partial charge in [0.15, 0.2) is 0 Å². The maximum atomic E-state index is 12.5. The van der Waals surface area contributed by atoms with Gasteiger partial charge in [-0.3, -0.25) is 13.9 Å². The topological polar surface area (TPSA) is 95.6 Å². The molecule has 1 atom stereocenters. The van der Waals surface area contributed by atoms with Crippen LogP contribution in [0.3, 0.4) is 0 Å². The Balaban J connectivity index is 1.56. The number of para-hydroxylation sites is 1. The van der Waals surface area contributed by atoms with Crippen molar-refractivity contribution in [2.45, 2.75) is 12.8 Å². The molecule has 2 amide bonds. The molecule has 2 aliphatic rings. The summed E-state index contributed by atoms with van der Waals surface area (Å²) in [6, 6.07) is 7.44. The minimum absolute atomic E-state index is 0.0462. The van der Waals surface area contributed by atoms with Crippen molar-refractivity contribution in [3.05, 3.63) is 29.8 Å². The van der Waals surface area contributed by atoms with Crippen LogP contribution in [0.2, 0.25) is 0 Å². The number of nitrogens with zero attached hydrogens (tertiary/aromatic N) is 1. The molecule has 124 valence electrons. The Morgan fingerprint density at radius 2 is 2.13 bits per heavy atom. The maximum Gasteiger partial charge on any atom is 0.236 e.